The van der Waals surface area contributed by atoms with E-state index in [1.54, 1.807) is 0 Å². The predicted molar refractivity (Wildman–Crippen MR) is 124 cm³/mol. The molecule has 0 aliphatic heterocycles. The Labute approximate surface area is 171 Å². The molecule has 136 valence electrons. The van der Waals surface area contributed by atoms with Crippen molar-refractivity contribution in [2.45, 2.75) is 12.8 Å². The van der Waals surface area contributed by atoms with Crippen molar-refractivity contribution < 1.29 is 0 Å². The van der Waals surface area contributed by atoms with E-state index in [1.165, 1.54) is 65.3 Å². The van der Waals surface area contributed by atoms with Crippen LogP contribution in [0.25, 0.3) is 65.2 Å². The van der Waals surface area contributed by atoms with Crippen molar-refractivity contribution in [2.24, 2.45) is 0 Å². The first-order chi connectivity index (χ1) is 14.9. The number of fused-ring (bicyclic) bond motifs is 4. The summed E-state index contributed by atoms with van der Waals surface area (Å²) in [5.74, 6) is 0. The SMILES string of the molecule is c1ccc2nc3c4ccc5c6c7c(ccc8c7c7c(ccc(c3nc2c1)c7c46)C8)C5. The summed E-state index contributed by atoms with van der Waals surface area (Å²) in [5, 5.41) is 11.2. The fraction of sp³-hybridized carbons (Fsp3) is 0.0714. The normalized spacial score (nSPS) is 14.4. The Balaban J connectivity index is 1.74. The van der Waals surface area contributed by atoms with Crippen molar-refractivity contribution >= 4 is 65.2 Å². The predicted octanol–water partition coefficient (Wildman–Crippen LogP) is 6.64. The molecule has 0 bridgehead atoms. The molecular formula is C28H14N2. The Hall–Kier alpha value is -3.78. The van der Waals surface area contributed by atoms with Crippen molar-refractivity contribution in [3.63, 3.8) is 0 Å². The maximum atomic E-state index is 5.13. The summed E-state index contributed by atoms with van der Waals surface area (Å²) in [7, 11) is 0. The summed E-state index contributed by atoms with van der Waals surface area (Å²) in [6, 6.07) is 22.2. The first-order valence-electron chi connectivity index (χ1n) is 10.6. The third-order valence-electron chi connectivity index (χ3n) is 7.55. The molecule has 0 radical (unpaired) electrons. The Morgan fingerprint density at radius 2 is 0.833 bits per heavy atom. The van der Waals surface area contributed by atoms with Crippen LogP contribution in [0.3, 0.4) is 0 Å². The summed E-state index contributed by atoms with van der Waals surface area (Å²) in [5.41, 5.74) is 9.88. The molecule has 1 aromatic heterocycles. The van der Waals surface area contributed by atoms with E-state index in [0.717, 1.165) is 34.9 Å². The van der Waals surface area contributed by atoms with Crippen molar-refractivity contribution in [1.82, 2.24) is 9.97 Å². The van der Waals surface area contributed by atoms with E-state index < -0.39 is 0 Å². The maximum absolute atomic E-state index is 5.13. The molecule has 0 amide bonds. The van der Waals surface area contributed by atoms with Gasteiger partial charge in [0.25, 0.3) is 0 Å². The fourth-order valence-corrected chi connectivity index (χ4v) is 6.41. The van der Waals surface area contributed by atoms with Gasteiger partial charge in [-0.05, 0) is 68.8 Å². The van der Waals surface area contributed by atoms with Gasteiger partial charge in [0, 0.05) is 21.5 Å². The fourth-order valence-electron chi connectivity index (χ4n) is 6.41. The van der Waals surface area contributed by atoms with E-state index in [4.69, 9.17) is 9.97 Å². The molecule has 30 heavy (non-hydrogen) atoms. The van der Waals surface area contributed by atoms with Crippen LogP contribution in [0.5, 0.6) is 0 Å². The van der Waals surface area contributed by atoms with Gasteiger partial charge >= 0.3 is 0 Å². The molecule has 1 heterocycles. The van der Waals surface area contributed by atoms with E-state index in [1.807, 2.05) is 12.1 Å². The van der Waals surface area contributed by atoms with Gasteiger partial charge in [-0.2, -0.15) is 0 Å². The van der Waals surface area contributed by atoms with Gasteiger partial charge in [-0.15, -0.1) is 0 Å². The average Bonchev–Trinajstić information content (AvgIpc) is 3.35. The van der Waals surface area contributed by atoms with Gasteiger partial charge < -0.3 is 0 Å². The minimum atomic E-state index is 0.966. The highest BCUT2D eigenvalue weighted by Gasteiger charge is 2.29. The first kappa shape index (κ1) is 14.2. The molecule has 2 aliphatic carbocycles. The topological polar surface area (TPSA) is 25.8 Å². The molecule has 0 unspecified atom stereocenters. The van der Waals surface area contributed by atoms with Gasteiger partial charge in [0.2, 0.25) is 0 Å². The Kier molecular flexibility index (Phi) is 2.07. The van der Waals surface area contributed by atoms with Gasteiger partial charge in [0.1, 0.15) is 0 Å². The number of hydrogen-bond donors (Lipinski definition) is 0. The standard InChI is InChI=1S/C28H14N2/c1-2-4-20-19(3-1)29-27-17-9-7-15-11-13-5-6-14-12-16-8-10-18(28(27)30-20)26-24(16)22(14)21(13)23(15)25(17)26/h1-10H,11-12H2. The summed E-state index contributed by atoms with van der Waals surface area (Å²) >= 11 is 0. The first-order valence-corrected chi connectivity index (χ1v) is 10.6. The summed E-state index contributed by atoms with van der Waals surface area (Å²) in [6.45, 7) is 0. The van der Waals surface area contributed by atoms with Gasteiger partial charge in [-0.1, -0.05) is 48.5 Å². The van der Waals surface area contributed by atoms with Gasteiger partial charge in [0.15, 0.2) is 0 Å². The quantitative estimate of drug-likeness (QED) is 0.218. The summed E-state index contributed by atoms with van der Waals surface area (Å²) in [4.78, 5) is 10.3. The van der Waals surface area contributed by atoms with E-state index in [2.05, 4.69) is 48.5 Å². The molecule has 0 saturated heterocycles. The number of nitrogens with zero attached hydrogens (tertiary/aromatic N) is 2. The van der Waals surface area contributed by atoms with E-state index in [0.29, 0.717) is 0 Å². The van der Waals surface area contributed by atoms with E-state index in [9.17, 15) is 0 Å². The highest BCUT2D eigenvalue weighted by atomic mass is 14.8. The van der Waals surface area contributed by atoms with Crippen LogP contribution in [-0.4, -0.2) is 9.97 Å². The largest absolute Gasteiger partial charge is 0.244 e. The molecular weight excluding hydrogens is 364 g/mol. The summed E-state index contributed by atoms with van der Waals surface area (Å²) < 4.78 is 0. The molecule has 2 aliphatic rings. The zero-order valence-corrected chi connectivity index (χ0v) is 16.1. The van der Waals surface area contributed by atoms with Gasteiger partial charge in [-0.3, -0.25) is 0 Å². The smallest absolute Gasteiger partial charge is 0.0979 e. The van der Waals surface area contributed by atoms with Crippen molar-refractivity contribution in [2.75, 3.05) is 0 Å². The van der Waals surface area contributed by atoms with Crippen LogP contribution >= 0.6 is 0 Å². The van der Waals surface area contributed by atoms with Gasteiger partial charge in [-0.25, -0.2) is 9.97 Å². The lowest BCUT2D eigenvalue weighted by Crippen LogP contribution is -1.94. The van der Waals surface area contributed by atoms with Crippen LogP contribution in [0.15, 0.2) is 60.7 Å². The number of rotatable bonds is 0. The van der Waals surface area contributed by atoms with Crippen molar-refractivity contribution in [3.8, 4) is 0 Å². The molecule has 7 aromatic rings. The van der Waals surface area contributed by atoms with E-state index >= 15 is 0 Å². The second kappa shape index (κ2) is 4.36. The highest BCUT2D eigenvalue weighted by Crippen LogP contribution is 2.52. The van der Waals surface area contributed by atoms with Crippen LogP contribution in [-0.2, 0) is 12.8 Å². The van der Waals surface area contributed by atoms with Crippen LogP contribution in [0.4, 0.5) is 0 Å². The molecule has 9 rings (SSSR count). The van der Waals surface area contributed by atoms with Gasteiger partial charge in [0.05, 0.1) is 22.1 Å². The minimum Gasteiger partial charge on any atom is -0.244 e. The molecule has 0 fully saturated rings. The van der Waals surface area contributed by atoms with Crippen LogP contribution in [0.1, 0.15) is 22.3 Å². The lowest BCUT2D eigenvalue weighted by Gasteiger charge is -2.16. The van der Waals surface area contributed by atoms with Crippen molar-refractivity contribution in [3.05, 3.63) is 82.9 Å². The second-order valence-electron chi connectivity index (χ2n) is 8.94. The molecule has 0 N–H and O–H groups in total. The number of aromatic nitrogens is 2. The molecule has 6 aromatic carbocycles. The zero-order chi connectivity index (χ0) is 19.1. The Morgan fingerprint density at radius 3 is 1.30 bits per heavy atom. The zero-order valence-electron chi connectivity index (χ0n) is 16.1. The third-order valence-corrected chi connectivity index (χ3v) is 7.55. The third kappa shape index (κ3) is 1.35. The number of hydrogen-bond acceptors (Lipinski definition) is 2. The Morgan fingerprint density at radius 1 is 0.433 bits per heavy atom. The lowest BCUT2D eigenvalue weighted by atomic mass is 9.88. The molecule has 0 spiro atoms. The van der Waals surface area contributed by atoms with E-state index in [-0.39, 0.29) is 0 Å². The van der Waals surface area contributed by atoms with Crippen molar-refractivity contribution in [1.29, 1.82) is 0 Å². The molecule has 0 saturated carbocycles. The van der Waals surface area contributed by atoms with Crippen LogP contribution in [0, 0.1) is 0 Å². The maximum Gasteiger partial charge on any atom is 0.0979 e. The molecule has 2 nitrogen and oxygen atoms in total. The lowest BCUT2D eigenvalue weighted by molar-refractivity contribution is 1.24. The molecule has 2 heteroatoms. The average molecular weight is 378 g/mol. The monoisotopic (exact) mass is 378 g/mol. The summed E-state index contributed by atoms with van der Waals surface area (Å²) in [6.07, 6.45) is 2.08. The molecule has 0 atom stereocenters. The second-order valence-corrected chi connectivity index (χ2v) is 8.94. The highest BCUT2D eigenvalue weighted by molar-refractivity contribution is 6.42. The number of para-hydroxylation sites is 2. The van der Waals surface area contributed by atoms with Crippen LogP contribution < -0.4 is 0 Å². The van der Waals surface area contributed by atoms with Crippen LogP contribution in [0.2, 0.25) is 0 Å². The minimum absolute atomic E-state index is 0.966. The Bertz CT molecular complexity index is 1800. The number of benzene rings is 6.